The zero-order valence-corrected chi connectivity index (χ0v) is 13.3. The minimum absolute atomic E-state index is 0.706. The summed E-state index contributed by atoms with van der Waals surface area (Å²) in [7, 11) is 0. The van der Waals surface area contributed by atoms with Gasteiger partial charge in [-0.1, -0.05) is 66.2 Å². The van der Waals surface area contributed by atoms with E-state index in [1.807, 2.05) is 0 Å². The lowest BCUT2D eigenvalue weighted by Gasteiger charge is -2.41. The number of unbranched alkanes of at least 4 members (excludes halogenated alkanes) is 3. The van der Waals surface area contributed by atoms with Crippen LogP contribution in [0.1, 0.15) is 79.1 Å². The van der Waals surface area contributed by atoms with Gasteiger partial charge in [0.05, 0.1) is 0 Å². The fourth-order valence-corrected chi connectivity index (χ4v) is 3.87. The van der Waals surface area contributed by atoms with Crippen molar-refractivity contribution in [2.75, 3.05) is 0 Å². The van der Waals surface area contributed by atoms with Gasteiger partial charge in [-0.2, -0.15) is 0 Å². The molecule has 0 heteroatoms. The first kappa shape index (κ1) is 16.1. The van der Waals surface area contributed by atoms with Gasteiger partial charge in [-0.25, -0.2) is 0 Å². The molecule has 107 valence electrons. The summed E-state index contributed by atoms with van der Waals surface area (Å²) in [5.41, 5.74) is 0. The molecule has 0 nitrogen and oxygen atoms in total. The maximum absolute atomic E-state index is 4.53. The minimum atomic E-state index is 0.706. The van der Waals surface area contributed by atoms with E-state index in [2.05, 4.69) is 34.6 Å². The maximum atomic E-state index is 4.53. The molecule has 1 radical (unpaired) electrons. The molecule has 18 heavy (non-hydrogen) atoms. The van der Waals surface area contributed by atoms with E-state index in [1.165, 1.54) is 51.4 Å². The molecule has 0 aromatic heterocycles. The Hall–Kier alpha value is 0. The molecule has 0 N–H and O–H groups in total. The summed E-state index contributed by atoms with van der Waals surface area (Å²) < 4.78 is 0. The monoisotopic (exact) mass is 251 g/mol. The topological polar surface area (TPSA) is 0 Å². The summed E-state index contributed by atoms with van der Waals surface area (Å²) in [6.07, 6.45) is 11.3. The summed E-state index contributed by atoms with van der Waals surface area (Å²) in [5, 5.41) is 0. The standard InChI is InChI=1S/C18H35/c1-6-7-8-9-10-16(5)18-13-15(4)11-12-17(18)14(2)3/h14-18H,5-13H2,1-4H3. The Morgan fingerprint density at radius 1 is 1.06 bits per heavy atom. The third-order valence-electron chi connectivity index (χ3n) is 5.11. The van der Waals surface area contributed by atoms with Crippen molar-refractivity contribution < 1.29 is 0 Å². The molecule has 0 aromatic carbocycles. The van der Waals surface area contributed by atoms with Crippen LogP contribution in [0.3, 0.4) is 0 Å². The summed E-state index contributed by atoms with van der Waals surface area (Å²) in [5.74, 6) is 4.33. The lowest BCUT2D eigenvalue weighted by atomic mass is 9.65. The van der Waals surface area contributed by atoms with E-state index in [4.69, 9.17) is 0 Å². The molecule has 0 amide bonds. The van der Waals surface area contributed by atoms with Crippen LogP contribution in [0.2, 0.25) is 0 Å². The van der Waals surface area contributed by atoms with Crippen LogP contribution in [0, 0.1) is 36.5 Å². The second-order valence-electron chi connectivity index (χ2n) is 7.10. The van der Waals surface area contributed by atoms with Crippen molar-refractivity contribution in [3.63, 3.8) is 0 Å². The van der Waals surface area contributed by atoms with E-state index in [-0.39, 0.29) is 0 Å². The molecular weight excluding hydrogens is 216 g/mol. The third-order valence-corrected chi connectivity index (χ3v) is 5.11. The lowest BCUT2D eigenvalue weighted by Crippen LogP contribution is -2.32. The van der Waals surface area contributed by atoms with E-state index in [1.54, 1.807) is 0 Å². The molecule has 1 aliphatic carbocycles. The van der Waals surface area contributed by atoms with Gasteiger partial charge >= 0.3 is 0 Å². The first-order chi connectivity index (χ1) is 8.56. The van der Waals surface area contributed by atoms with Gasteiger partial charge in [0.2, 0.25) is 0 Å². The van der Waals surface area contributed by atoms with Gasteiger partial charge in [-0.3, -0.25) is 0 Å². The van der Waals surface area contributed by atoms with Crippen molar-refractivity contribution >= 4 is 0 Å². The number of rotatable bonds is 7. The largest absolute Gasteiger partial charge is 0.0654 e. The Labute approximate surface area is 116 Å². The highest BCUT2D eigenvalue weighted by atomic mass is 14.4. The highest BCUT2D eigenvalue weighted by Gasteiger charge is 2.33. The van der Waals surface area contributed by atoms with Gasteiger partial charge in [0.15, 0.2) is 0 Å². The molecular formula is C18H35. The fourth-order valence-electron chi connectivity index (χ4n) is 3.87. The first-order valence-electron chi connectivity index (χ1n) is 8.39. The highest BCUT2D eigenvalue weighted by molar-refractivity contribution is 4.85. The Morgan fingerprint density at radius 2 is 1.78 bits per heavy atom. The summed E-state index contributed by atoms with van der Waals surface area (Å²) in [6.45, 7) is 14.1. The van der Waals surface area contributed by atoms with Crippen LogP contribution < -0.4 is 0 Å². The van der Waals surface area contributed by atoms with Crippen molar-refractivity contribution in [1.29, 1.82) is 0 Å². The van der Waals surface area contributed by atoms with E-state index in [0.717, 1.165) is 23.7 Å². The van der Waals surface area contributed by atoms with Crippen molar-refractivity contribution in [2.45, 2.75) is 79.1 Å². The van der Waals surface area contributed by atoms with Crippen LogP contribution in [0.4, 0.5) is 0 Å². The molecule has 0 heterocycles. The Morgan fingerprint density at radius 3 is 2.39 bits per heavy atom. The molecule has 1 saturated carbocycles. The van der Waals surface area contributed by atoms with Gasteiger partial charge in [-0.05, 0) is 49.4 Å². The van der Waals surface area contributed by atoms with Gasteiger partial charge < -0.3 is 0 Å². The fraction of sp³-hybridized carbons (Fsp3) is 0.944. The molecule has 0 bridgehead atoms. The van der Waals surface area contributed by atoms with E-state index in [0.29, 0.717) is 5.92 Å². The second-order valence-corrected chi connectivity index (χ2v) is 7.10. The zero-order chi connectivity index (χ0) is 13.5. The predicted molar refractivity (Wildman–Crippen MR) is 82.4 cm³/mol. The Balaban J connectivity index is 2.42. The van der Waals surface area contributed by atoms with Gasteiger partial charge in [0.25, 0.3) is 0 Å². The molecule has 0 aromatic rings. The van der Waals surface area contributed by atoms with Crippen LogP contribution in [0.25, 0.3) is 0 Å². The molecule has 0 saturated heterocycles. The number of hydrogen-bond acceptors (Lipinski definition) is 0. The average Bonchev–Trinajstić information content (AvgIpc) is 2.34. The summed E-state index contributed by atoms with van der Waals surface area (Å²) in [6, 6.07) is 0. The van der Waals surface area contributed by atoms with E-state index >= 15 is 0 Å². The molecule has 1 fully saturated rings. The highest BCUT2D eigenvalue weighted by Crippen LogP contribution is 2.42. The quantitative estimate of drug-likeness (QED) is 0.478. The van der Waals surface area contributed by atoms with Crippen LogP contribution in [-0.2, 0) is 0 Å². The maximum Gasteiger partial charge on any atom is -0.0352 e. The zero-order valence-electron chi connectivity index (χ0n) is 13.3. The van der Waals surface area contributed by atoms with Crippen LogP contribution in [0.5, 0.6) is 0 Å². The van der Waals surface area contributed by atoms with Crippen molar-refractivity contribution in [3.05, 3.63) is 6.92 Å². The molecule has 0 spiro atoms. The molecule has 1 rings (SSSR count). The SMILES string of the molecule is [CH2]C(CCCCCC)C1CC(C)CCC1C(C)C. The van der Waals surface area contributed by atoms with Crippen molar-refractivity contribution in [3.8, 4) is 0 Å². The minimum Gasteiger partial charge on any atom is -0.0654 e. The summed E-state index contributed by atoms with van der Waals surface area (Å²) in [4.78, 5) is 0. The molecule has 4 atom stereocenters. The normalized spacial score (nSPS) is 30.7. The first-order valence-corrected chi connectivity index (χ1v) is 8.39. The van der Waals surface area contributed by atoms with Crippen molar-refractivity contribution in [2.24, 2.45) is 29.6 Å². The van der Waals surface area contributed by atoms with Gasteiger partial charge in [-0.15, -0.1) is 0 Å². The van der Waals surface area contributed by atoms with E-state index < -0.39 is 0 Å². The smallest absolute Gasteiger partial charge is 0.0352 e. The van der Waals surface area contributed by atoms with Crippen LogP contribution >= 0.6 is 0 Å². The van der Waals surface area contributed by atoms with E-state index in [9.17, 15) is 0 Å². The molecule has 0 aliphatic heterocycles. The van der Waals surface area contributed by atoms with Gasteiger partial charge in [0, 0.05) is 0 Å². The Kier molecular flexibility index (Phi) is 7.34. The molecule has 1 aliphatic rings. The average molecular weight is 251 g/mol. The van der Waals surface area contributed by atoms with Gasteiger partial charge in [0.1, 0.15) is 0 Å². The summed E-state index contributed by atoms with van der Waals surface area (Å²) >= 11 is 0. The second kappa shape index (κ2) is 8.23. The van der Waals surface area contributed by atoms with Crippen LogP contribution in [-0.4, -0.2) is 0 Å². The molecule has 4 unspecified atom stereocenters. The predicted octanol–water partition coefficient (Wildman–Crippen LogP) is 6.12. The van der Waals surface area contributed by atoms with Crippen molar-refractivity contribution in [1.82, 2.24) is 0 Å². The lowest BCUT2D eigenvalue weighted by molar-refractivity contribution is 0.104. The third kappa shape index (κ3) is 4.94. The number of hydrogen-bond donors (Lipinski definition) is 0. The Bertz CT molecular complexity index is 206. The van der Waals surface area contributed by atoms with Crippen LogP contribution in [0.15, 0.2) is 0 Å².